The summed E-state index contributed by atoms with van der Waals surface area (Å²) in [6, 6.07) is 0. The molecule has 0 aliphatic rings. The van der Waals surface area contributed by atoms with Crippen LogP contribution in [0.25, 0.3) is 0 Å². The van der Waals surface area contributed by atoms with Crippen molar-refractivity contribution in [3.63, 3.8) is 0 Å². The molecule has 0 radical (unpaired) electrons. The van der Waals surface area contributed by atoms with E-state index in [9.17, 15) is 4.79 Å². The van der Waals surface area contributed by atoms with Crippen molar-refractivity contribution >= 4 is 22.4 Å². The van der Waals surface area contributed by atoms with Crippen LogP contribution in [0.5, 0.6) is 0 Å². The third kappa shape index (κ3) is 3.78. The van der Waals surface area contributed by atoms with Gasteiger partial charge >= 0.3 is 5.97 Å². The lowest BCUT2D eigenvalue weighted by molar-refractivity contribution is -0.136. The maximum Gasteiger partial charge on any atom is 0.303 e. The average molecular weight is 280 g/mol. The molecule has 0 saturated heterocycles. The molecule has 19 heavy (non-hydrogen) atoms. The zero-order valence-corrected chi connectivity index (χ0v) is 11.7. The predicted molar refractivity (Wildman–Crippen MR) is 73.4 cm³/mol. The van der Waals surface area contributed by atoms with Crippen LogP contribution in [-0.2, 0) is 24.8 Å². The molecule has 0 aliphatic heterocycles. The normalized spacial score (nSPS) is 10.6. The Labute approximate surface area is 115 Å². The first-order valence-corrected chi connectivity index (χ1v) is 6.77. The number of nitrogens with zero attached hydrogens (tertiary/aromatic N) is 4. The topological polar surface area (TPSA) is 71.2 Å². The molecule has 102 valence electrons. The molecule has 0 saturated carbocycles. The van der Waals surface area contributed by atoms with Crippen LogP contribution in [0.15, 0.2) is 17.8 Å². The fourth-order valence-electron chi connectivity index (χ4n) is 1.72. The van der Waals surface area contributed by atoms with Crippen LogP contribution in [-0.4, -0.2) is 32.9 Å². The van der Waals surface area contributed by atoms with Gasteiger partial charge in [0.1, 0.15) is 0 Å². The second-order valence-corrected chi connectivity index (χ2v) is 5.23. The van der Waals surface area contributed by atoms with Gasteiger partial charge in [-0.3, -0.25) is 9.48 Å². The predicted octanol–water partition coefficient (Wildman–Crippen LogP) is 1.53. The SMILES string of the molecule is CN(Cc1cnn(C)c1)c1nc(CCC(=O)O)cs1. The number of rotatable bonds is 6. The molecule has 6 nitrogen and oxygen atoms in total. The van der Waals surface area contributed by atoms with Crippen LogP contribution in [0, 0.1) is 0 Å². The Kier molecular flexibility index (Phi) is 4.16. The number of carboxylic acid groups (broad SMARTS) is 1. The first-order chi connectivity index (χ1) is 9.04. The van der Waals surface area contributed by atoms with Gasteiger partial charge in [0, 0.05) is 44.2 Å². The minimum absolute atomic E-state index is 0.121. The Morgan fingerprint density at radius 2 is 2.37 bits per heavy atom. The zero-order chi connectivity index (χ0) is 13.8. The summed E-state index contributed by atoms with van der Waals surface area (Å²) in [7, 11) is 3.85. The lowest BCUT2D eigenvalue weighted by atomic mass is 10.2. The first kappa shape index (κ1) is 13.5. The van der Waals surface area contributed by atoms with E-state index in [1.165, 1.54) is 11.3 Å². The number of carboxylic acids is 1. The lowest BCUT2D eigenvalue weighted by Gasteiger charge is -2.13. The number of hydrogen-bond donors (Lipinski definition) is 1. The van der Waals surface area contributed by atoms with Crippen LogP contribution >= 0.6 is 11.3 Å². The molecule has 0 aromatic carbocycles. The highest BCUT2D eigenvalue weighted by Gasteiger charge is 2.09. The quantitative estimate of drug-likeness (QED) is 0.869. The molecule has 0 spiro atoms. The molecule has 7 heteroatoms. The third-order valence-electron chi connectivity index (χ3n) is 2.64. The van der Waals surface area contributed by atoms with Crippen molar-refractivity contribution in [1.82, 2.24) is 14.8 Å². The number of hydrogen-bond acceptors (Lipinski definition) is 5. The maximum absolute atomic E-state index is 10.5. The molecule has 0 bridgehead atoms. The van der Waals surface area contributed by atoms with Crippen LogP contribution in [0.4, 0.5) is 5.13 Å². The number of thiazole rings is 1. The zero-order valence-electron chi connectivity index (χ0n) is 10.9. The van der Waals surface area contributed by atoms with Crippen molar-refractivity contribution in [2.24, 2.45) is 7.05 Å². The Hall–Kier alpha value is -1.89. The van der Waals surface area contributed by atoms with E-state index in [0.717, 1.165) is 22.9 Å². The number of aryl methyl sites for hydroxylation is 2. The minimum atomic E-state index is -0.793. The van der Waals surface area contributed by atoms with E-state index in [4.69, 9.17) is 5.11 Å². The van der Waals surface area contributed by atoms with Gasteiger partial charge in [0.05, 0.1) is 18.3 Å². The highest BCUT2D eigenvalue weighted by atomic mass is 32.1. The van der Waals surface area contributed by atoms with Gasteiger partial charge in [0.2, 0.25) is 0 Å². The molecule has 0 unspecified atom stereocenters. The summed E-state index contributed by atoms with van der Waals surface area (Å²) < 4.78 is 1.77. The number of aromatic nitrogens is 3. The Balaban J connectivity index is 1.95. The molecule has 1 N–H and O–H groups in total. The largest absolute Gasteiger partial charge is 0.481 e. The monoisotopic (exact) mass is 280 g/mol. The fourth-order valence-corrected chi connectivity index (χ4v) is 2.54. The number of anilines is 1. The van der Waals surface area contributed by atoms with E-state index in [0.29, 0.717) is 6.42 Å². The molecule has 0 aliphatic carbocycles. The van der Waals surface area contributed by atoms with Gasteiger partial charge in [-0.15, -0.1) is 11.3 Å². The summed E-state index contributed by atoms with van der Waals surface area (Å²) in [6.07, 6.45) is 4.40. The fraction of sp³-hybridized carbons (Fsp3) is 0.417. The van der Waals surface area contributed by atoms with Crippen LogP contribution in [0.1, 0.15) is 17.7 Å². The summed E-state index contributed by atoms with van der Waals surface area (Å²) in [4.78, 5) is 17.0. The van der Waals surface area contributed by atoms with Gasteiger partial charge in [-0.1, -0.05) is 0 Å². The number of aliphatic carboxylic acids is 1. The average Bonchev–Trinajstić information content (AvgIpc) is 2.95. The van der Waals surface area contributed by atoms with E-state index >= 15 is 0 Å². The Morgan fingerprint density at radius 1 is 1.58 bits per heavy atom. The summed E-state index contributed by atoms with van der Waals surface area (Å²) in [5.41, 5.74) is 1.95. The molecular weight excluding hydrogens is 264 g/mol. The van der Waals surface area contributed by atoms with E-state index in [-0.39, 0.29) is 6.42 Å². The summed E-state index contributed by atoms with van der Waals surface area (Å²) in [6.45, 7) is 0.736. The molecule has 2 rings (SSSR count). The molecule has 2 aromatic heterocycles. The second-order valence-electron chi connectivity index (χ2n) is 4.39. The summed E-state index contributed by atoms with van der Waals surface area (Å²) in [5.74, 6) is -0.793. The smallest absolute Gasteiger partial charge is 0.303 e. The second kappa shape index (κ2) is 5.83. The molecule has 2 heterocycles. The van der Waals surface area contributed by atoms with Crippen molar-refractivity contribution in [2.75, 3.05) is 11.9 Å². The van der Waals surface area contributed by atoms with Crippen molar-refractivity contribution in [1.29, 1.82) is 0 Å². The van der Waals surface area contributed by atoms with Crippen molar-refractivity contribution in [3.8, 4) is 0 Å². The van der Waals surface area contributed by atoms with Crippen molar-refractivity contribution < 1.29 is 9.90 Å². The van der Waals surface area contributed by atoms with E-state index in [1.807, 2.05) is 36.8 Å². The Morgan fingerprint density at radius 3 is 3.00 bits per heavy atom. The first-order valence-electron chi connectivity index (χ1n) is 5.89. The highest BCUT2D eigenvalue weighted by molar-refractivity contribution is 7.13. The van der Waals surface area contributed by atoms with E-state index in [2.05, 4.69) is 10.1 Å². The minimum Gasteiger partial charge on any atom is -0.481 e. The van der Waals surface area contributed by atoms with Gasteiger partial charge in [-0.25, -0.2) is 4.98 Å². The molecule has 0 fully saturated rings. The number of carbonyl (C=O) groups is 1. The molecule has 2 aromatic rings. The standard InChI is InChI=1S/C12H16N4O2S/c1-15(6-9-5-13-16(2)7-9)12-14-10(8-19-12)3-4-11(17)18/h5,7-8H,3-4,6H2,1-2H3,(H,17,18). The molecular formula is C12H16N4O2S. The maximum atomic E-state index is 10.5. The van der Waals surface area contributed by atoms with Crippen LogP contribution in [0.3, 0.4) is 0 Å². The van der Waals surface area contributed by atoms with Crippen LogP contribution < -0.4 is 4.90 Å². The molecule has 0 atom stereocenters. The van der Waals surface area contributed by atoms with Gasteiger partial charge < -0.3 is 10.0 Å². The van der Waals surface area contributed by atoms with Gasteiger partial charge in [-0.05, 0) is 0 Å². The summed E-state index contributed by atoms with van der Waals surface area (Å²) in [5, 5.41) is 15.6. The van der Waals surface area contributed by atoms with Gasteiger partial charge in [-0.2, -0.15) is 5.10 Å². The van der Waals surface area contributed by atoms with Crippen LogP contribution in [0.2, 0.25) is 0 Å². The Bertz CT molecular complexity index is 564. The van der Waals surface area contributed by atoms with Crippen molar-refractivity contribution in [2.45, 2.75) is 19.4 Å². The summed E-state index contributed by atoms with van der Waals surface area (Å²) >= 11 is 1.53. The van der Waals surface area contributed by atoms with Crippen molar-refractivity contribution in [3.05, 3.63) is 29.0 Å². The van der Waals surface area contributed by atoms with Gasteiger partial charge in [0.15, 0.2) is 5.13 Å². The van der Waals surface area contributed by atoms with E-state index in [1.54, 1.807) is 4.68 Å². The molecule has 0 amide bonds. The third-order valence-corrected chi connectivity index (χ3v) is 3.64. The highest BCUT2D eigenvalue weighted by Crippen LogP contribution is 2.21. The van der Waals surface area contributed by atoms with Gasteiger partial charge in [0.25, 0.3) is 0 Å². The lowest BCUT2D eigenvalue weighted by Crippen LogP contribution is -2.15. The van der Waals surface area contributed by atoms with E-state index < -0.39 is 5.97 Å².